The number of aryl methyl sites for hydroxylation is 1. The highest BCUT2D eigenvalue weighted by Crippen LogP contribution is 2.28. The van der Waals surface area contributed by atoms with Crippen LogP contribution in [0.2, 0.25) is 0 Å². The minimum absolute atomic E-state index is 0.185. The Morgan fingerprint density at radius 2 is 2.07 bits per heavy atom. The van der Waals surface area contributed by atoms with Crippen molar-refractivity contribution in [2.75, 3.05) is 6.61 Å². The standard InChI is InChI=1S/C20H19BrFN3O4/c1-3-15(10-28-22)24-20(27)16-8-13(9-23-16)19(26)17-11(2)29-25-18(17)12-4-6-14(21)7-5-12/h4-9,15,23H,3,10H2,1-2H3,(H,24,27). The number of halogens is 2. The summed E-state index contributed by atoms with van der Waals surface area (Å²) >= 11 is 3.37. The molecule has 1 unspecified atom stereocenters. The molecule has 3 rings (SSSR count). The topological polar surface area (TPSA) is 97.2 Å². The second-order valence-electron chi connectivity index (χ2n) is 6.45. The molecular formula is C20H19BrFN3O4. The van der Waals surface area contributed by atoms with E-state index in [1.807, 2.05) is 24.3 Å². The number of aromatic nitrogens is 2. The number of hydrogen-bond acceptors (Lipinski definition) is 5. The molecule has 0 saturated heterocycles. The number of carbonyl (C=O) groups excluding carboxylic acids is 2. The molecular weight excluding hydrogens is 445 g/mol. The van der Waals surface area contributed by atoms with E-state index < -0.39 is 11.9 Å². The van der Waals surface area contributed by atoms with Crippen molar-refractivity contribution in [3.05, 3.63) is 63.6 Å². The van der Waals surface area contributed by atoms with Gasteiger partial charge in [0.2, 0.25) is 0 Å². The van der Waals surface area contributed by atoms with Crippen molar-refractivity contribution in [1.82, 2.24) is 15.5 Å². The molecule has 2 N–H and O–H groups in total. The summed E-state index contributed by atoms with van der Waals surface area (Å²) in [5, 5.41) is 6.67. The number of amides is 1. The molecule has 1 atom stereocenters. The van der Waals surface area contributed by atoms with Crippen LogP contribution >= 0.6 is 15.9 Å². The predicted octanol–water partition coefficient (Wildman–Crippen LogP) is 4.38. The van der Waals surface area contributed by atoms with Gasteiger partial charge in [-0.15, -0.1) is 0 Å². The molecule has 2 heterocycles. The highest BCUT2D eigenvalue weighted by atomic mass is 79.9. The molecule has 152 valence electrons. The van der Waals surface area contributed by atoms with E-state index in [1.54, 1.807) is 13.8 Å². The molecule has 3 aromatic rings. The van der Waals surface area contributed by atoms with Gasteiger partial charge in [-0.3, -0.25) is 9.59 Å². The third-order valence-corrected chi connectivity index (χ3v) is 5.02. The van der Waals surface area contributed by atoms with Gasteiger partial charge in [0.05, 0.1) is 11.6 Å². The van der Waals surface area contributed by atoms with Gasteiger partial charge in [0.15, 0.2) is 5.78 Å². The molecule has 2 aromatic heterocycles. The Hall–Kier alpha value is -2.78. The molecule has 1 aromatic carbocycles. The molecule has 9 heteroatoms. The molecule has 0 aliphatic carbocycles. The molecule has 7 nitrogen and oxygen atoms in total. The number of nitrogens with one attached hydrogen (secondary N) is 2. The number of aromatic amines is 1. The zero-order chi connectivity index (χ0) is 21.0. The summed E-state index contributed by atoms with van der Waals surface area (Å²) in [4.78, 5) is 31.8. The van der Waals surface area contributed by atoms with Crippen LogP contribution in [0, 0.1) is 6.92 Å². The maximum absolute atomic E-state index is 13.1. The van der Waals surface area contributed by atoms with Gasteiger partial charge in [-0.05, 0) is 36.1 Å². The van der Waals surface area contributed by atoms with Gasteiger partial charge in [0, 0.05) is 21.8 Å². The first kappa shape index (κ1) is 20.9. The average molecular weight is 464 g/mol. The van der Waals surface area contributed by atoms with Crippen molar-refractivity contribution >= 4 is 27.6 Å². The maximum atomic E-state index is 13.1. The van der Waals surface area contributed by atoms with Gasteiger partial charge in [0.1, 0.15) is 23.8 Å². The highest BCUT2D eigenvalue weighted by Gasteiger charge is 2.24. The Labute approximate surface area is 174 Å². The van der Waals surface area contributed by atoms with E-state index in [0.717, 1.165) is 10.0 Å². The summed E-state index contributed by atoms with van der Waals surface area (Å²) in [5.41, 5.74) is 1.97. The fourth-order valence-corrected chi connectivity index (χ4v) is 3.11. The van der Waals surface area contributed by atoms with Gasteiger partial charge >= 0.3 is 0 Å². The quantitative estimate of drug-likeness (QED) is 0.483. The fourth-order valence-electron chi connectivity index (χ4n) is 2.85. The normalized spacial score (nSPS) is 12.0. The summed E-state index contributed by atoms with van der Waals surface area (Å²) in [7, 11) is 0. The van der Waals surface area contributed by atoms with Crippen molar-refractivity contribution in [1.29, 1.82) is 0 Å². The van der Waals surface area contributed by atoms with E-state index in [4.69, 9.17) is 4.52 Å². The summed E-state index contributed by atoms with van der Waals surface area (Å²) in [5.74, 6) is -0.398. The van der Waals surface area contributed by atoms with E-state index in [2.05, 4.69) is 36.3 Å². The molecule has 29 heavy (non-hydrogen) atoms. The van der Waals surface area contributed by atoms with Crippen molar-refractivity contribution in [3.8, 4) is 11.3 Å². The Morgan fingerprint density at radius 3 is 2.72 bits per heavy atom. The van der Waals surface area contributed by atoms with Crippen molar-refractivity contribution in [2.45, 2.75) is 26.3 Å². The molecule has 0 radical (unpaired) electrons. The zero-order valence-electron chi connectivity index (χ0n) is 15.8. The number of carbonyl (C=O) groups is 2. The van der Waals surface area contributed by atoms with Crippen LogP contribution in [0.4, 0.5) is 4.53 Å². The third kappa shape index (κ3) is 4.63. The van der Waals surface area contributed by atoms with Gasteiger partial charge in [-0.1, -0.05) is 40.1 Å². The second-order valence-corrected chi connectivity index (χ2v) is 7.37. The van der Waals surface area contributed by atoms with Gasteiger partial charge < -0.3 is 14.8 Å². The van der Waals surface area contributed by atoms with E-state index in [9.17, 15) is 14.1 Å². The number of H-pyrrole nitrogens is 1. The van der Waals surface area contributed by atoms with E-state index in [1.165, 1.54) is 12.3 Å². The van der Waals surface area contributed by atoms with Gasteiger partial charge in [-0.2, -0.15) is 4.94 Å². The molecule has 0 fully saturated rings. The van der Waals surface area contributed by atoms with Crippen molar-refractivity contribution < 1.29 is 23.6 Å². The number of hydrogen-bond donors (Lipinski definition) is 2. The minimum atomic E-state index is -0.473. The number of rotatable bonds is 8. The summed E-state index contributed by atoms with van der Waals surface area (Å²) in [6.45, 7) is 3.21. The molecule has 0 saturated carbocycles. The van der Waals surface area contributed by atoms with Crippen LogP contribution in [0.15, 0.2) is 45.5 Å². The first-order chi connectivity index (χ1) is 13.9. The third-order valence-electron chi connectivity index (χ3n) is 4.49. The number of ketones is 1. The molecule has 0 spiro atoms. The van der Waals surface area contributed by atoms with Crippen LogP contribution in [0.3, 0.4) is 0 Å². The lowest BCUT2D eigenvalue weighted by atomic mass is 9.99. The van der Waals surface area contributed by atoms with Crippen LogP contribution in [-0.4, -0.2) is 34.5 Å². The Bertz CT molecular complexity index is 1010. The fraction of sp³-hybridized carbons (Fsp3) is 0.250. The molecule has 1 amide bonds. The van der Waals surface area contributed by atoms with Crippen LogP contribution in [0.25, 0.3) is 11.3 Å². The van der Waals surface area contributed by atoms with Crippen molar-refractivity contribution in [3.63, 3.8) is 0 Å². The monoisotopic (exact) mass is 463 g/mol. The summed E-state index contributed by atoms with van der Waals surface area (Å²) in [6, 6.07) is 8.31. The largest absolute Gasteiger partial charge is 0.360 e. The lowest BCUT2D eigenvalue weighted by Gasteiger charge is -2.13. The Morgan fingerprint density at radius 1 is 1.34 bits per heavy atom. The first-order valence-electron chi connectivity index (χ1n) is 8.94. The average Bonchev–Trinajstić information content (AvgIpc) is 3.35. The summed E-state index contributed by atoms with van der Waals surface area (Å²) in [6.07, 6.45) is 1.94. The van der Waals surface area contributed by atoms with Crippen LogP contribution in [-0.2, 0) is 4.94 Å². The van der Waals surface area contributed by atoms with Gasteiger partial charge in [0.25, 0.3) is 5.91 Å². The van der Waals surface area contributed by atoms with Crippen LogP contribution in [0.5, 0.6) is 0 Å². The smallest absolute Gasteiger partial charge is 0.268 e. The van der Waals surface area contributed by atoms with Crippen LogP contribution in [0.1, 0.15) is 45.5 Å². The van der Waals surface area contributed by atoms with Crippen molar-refractivity contribution in [2.24, 2.45) is 0 Å². The zero-order valence-corrected chi connectivity index (χ0v) is 17.4. The highest BCUT2D eigenvalue weighted by molar-refractivity contribution is 9.10. The number of benzene rings is 1. The van der Waals surface area contributed by atoms with E-state index in [-0.39, 0.29) is 23.6 Å². The second kappa shape index (κ2) is 9.15. The minimum Gasteiger partial charge on any atom is -0.360 e. The van der Waals surface area contributed by atoms with E-state index in [0.29, 0.717) is 23.4 Å². The number of nitrogens with zero attached hydrogens (tertiary/aromatic N) is 1. The van der Waals surface area contributed by atoms with E-state index >= 15 is 0 Å². The SMILES string of the molecule is CCC(COF)NC(=O)c1cc(C(=O)c2c(-c3ccc(Br)cc3)noc2C)c[nH]1. The molecule has 0 bridgehead atoms. The maximum Gasteiger partial charge on any atom is 0.268 e. The lowest BCUT2D eigenvalue weighted by Crippen LogP contribution is -2.37. The lowest BCUT2D eigenvalue weighted by molar-refractivity contribution is -0.138. The molecule has 0 aliphatic heterocycles. The Kier molecular flexibility index (Phi) is 6.60. The van der Waals surface area contributed by atoms with Crippen LogP contribution < -0.4 is 5.32 Å². The van der Waals surface area contributed by atoms with Gasteiger partial charge in [-0.25, -0.2) is 0 Å². The molecule has 0 aliphatic rings. The Balaban J connectivity index is 1.85. The summed E-state index contributed by atoms with van der Waals surface area (Å²) < 4.78 is 18.2. The first-order valence-corrected chi connectivity index (χ1v) is 9.73. The predicted molar refractivity (Wildman–Crippen MR) is 107 cm³/mol.